The number of aromatic nitrogens is 2. The smallest absolute Gasteiger partial charge is 0.246 e. The maximum atomic E-state index is 13.0. The minimum Gasteiger partial charge on any atom is -0.340 e. The summed E-state index contributed by atoms with van der Waals surface area (Å²) < 4.78 is 0. The van der Waals surface area contributed by atoms with Crippen LogP contribution in [0.5, 0.6) is 0 Å². The molecular weight excluding hydrogens is 312 g/mol. The molecule has 0 saturated carbocycles. The van der Waals surface area contributed by atoms with Gasteiger partial charge in [-0.25, -0.2) is 0 Å². The van der Waals surface area contributed by atoms with E-state index in [1.807, 2.05) is 15.9 Å². The lowest BCUT2D eigenvalue weighted by Gasteiger charge is -2.37. The molecule has 4 heterocycles. The number of amides is 2. The summed E-state index contributed by atoms with van der Waals surface area (Å²) in [4.78, 5) is 28.9. The van der Waals surface area contributed by atoms with Gasteiger partial charge in [-0.2, -0.15) is 5.10 Å². The lowest BCUT2D eigenvalue weighted by Crippen LogP contribution is -2.53. The first-order valence-electron chi connectivity index (χ1n) is 8.33. The summed E-state index contributed by atoms with van der Waals surface area (Å²) >= 11 is 1.76. The van der Waals surface area contributed by atoms with Crippen LogP contribution in [-0.2, 0) is 9.59 Å². The first kappa shape index (κ1) is 15.1. The molecule has 3 aliphatic rings. The molecule has 3 atom stereocenters. The monoisotopic (exact) mass is 334 g/mol. The van der Waals surface area contributed by atoms with Crippen LogP contribution in [0.4, 0.5) is 0 Å². The molecule has 7 heteroatoms. The Bertz CT molecular complexity index is 620. The molecule has 1 N–H and O–H groups in total. The largest absolute Gasteiger partial charge is 0.340 e. The fourth-order valence-corrected chi connectivity index (χ4v) is 5.56. The predicted molar refractivity (Wildman–Crippen MR) is 87.9 cm³/mol. The number of carbonyl (C=O) groups excluding carboxylic acids is 2. The first-order chi connectivity index (χ1) is 11.1. The van der Waals surface area contributed by atoms with Gasteiger partial charge >= 0.3 is 0 Å². The zero-order valence-electron chi connectivity index (χ0n) is 13.3. The highest BCUT2D eigenvalue weighted by molar-refractivity contribution is 8.01. The van der Waals surface area contributed by atoms with Crippen LogP contribution in [0.3, 0.4) is 0 Å². The number of H-pyrrole nitrogens is 1. The van der Waals surface area contributed by atoms with Crippen molar-refractivity contribution in [2.75, 3.05) is 18.8 Å². The molecule has 3 fully saturated rings. The van der Waals surface area contributed by atoms with Gasteiger partial charge in [-0.05, 0) is 32.3 Å². The van der Waals surface area contributed by atoms with E-state index in [2.05, 4.69) is 17.1 Å². The Hall–Kier alpha value is -1.50. The fraction of sp³-hybridized carbons (Fsp3) is 0.688. The Balaban J connectivity index is 1.49. The number of carbonyl (C=O) groups is 2. The Morgan fingerprint density at radius 1 is 1.52 bits per heavy atom. The molecule has 0 radical (unpaired) electrons. The zero-order valence-corrected chi connectivity index (χ0v) is 14.1. The molecule has 1 aromatic heterocycles. The highest BCUT2D eigenvalue weighted by Crippen LogP contribution is 2.47. The van der Waals surface area contributed by atoms with Crippen molar-refractivity contribution < 1.29 is 9.59 Å². The van der Waals surface area contributed by atoms with Gasteiger partial charge in [-0.15, -0.1) is 11.8 Å². The van der Waals surface area contributed by atoms with Gasteiger partial charge in [0.2, 0.25) is 11.8 Å². The second kappa shape index (κ2) is 5.54. The Morgan fingerprint density at radius 3 is 3.17 bits per heavy atom. The molecule has 3 saturated heterocycles. The number of piperidine rings is 1. The Labute approximate surface area is 140 Å². The van der Waals surface area contributed by atoms with E-state index in [1.54, 1.807) is 18.0 Å². The number of likely N-dealkylation sites (tertiary alicyclic amines) is 1. The molecule has 3 aliphatic heterocycles. The minimum atomic E-state index is -0.277. The van der Waals surface area contributed by atoms with Gasteiger partial charge in [0.1, 0.15) is 6.04 Å². The molecule has 6 nitrogen and oxygen atoms in total. The fourth-order valence-electron chi connectivity index (χ4n) is 4.14. The highest BCUT2D eigenvalue weighted by Gasteiger charge is 2.53. The molecule has 0 bridgehead atoms. The van der Waals surface area contributed by atoms with Gasteiger partial charge in [0.05, 0.1) is 4.87 Å². The number of rotatable bonds is 2. The van der Waals surface area contributed by atoms with E-state index in [-0.39, 0.29) is 22.7 Å². The van der Waals surface area contributed by atoms with Crippen molar-refractivity contribution in [2.45, 2.75) is 49.4 Å². The van der Waals surface area contributed by atoms with Gasteiger partial charge in [-0.3, -0.25) is 14.7 Å². The van der Waals surface area contributed by atoms with Crippen molar-refractivity contribution in [1.29, 1.82) is 0 Å². The van der Waals surface area contributed by atoms with Crippen LogP contribution in [-0.4, -0.2) is 61.6 Å². The summed E-state index contributed by atoms with van der Waals surface area (Å²) in [7, 11) is 0. The van der Waals surface area contributed by atoms with Crippen LogP contribution < -0.4 is 0 Å². The van der Waals surface area contributed by atoms with Crippen molar-refractivity contribution in [3.05, 3.63) is 18.0 Å². The summed E-state index contributed by atoms with van der Waals surface area (Å²) in [5.74, 6) is 1.32. The van der Waals surface area contributed by atoms with E-state index in [9.17, 15) is 9.59 Å². The lowest BCUT2D eigenvalue weighted by atomic mass is 9.94. The second-order valence-corrected chi connectivity index (χ2v) is 8.40. The van der Waals surface area contributed by atoms with E-state index in [0.717, 1.165) is 43.8 Å². The predicted octanol–water partition coefficient (Wildman–Crippen LogP) is 1.57. The van der Waals surface area contributed by atoms with E-state index < -0.39 is 0 Å². The van der Waals surface area contributed by atoms with Crippen LogP contribution >= 0.6 is 11.8 Å². The summed E-state index contributed by atoms with van der Waals surface area (Å²) in [5, 5.41) is 7.05. The van der Waals surface area contributed by atoms with Crippen LogP contribution in [0.15, 0.2) is 12.3 Å². The van der Waals surface area contributed by atoms with Gasteiger partial charge in [-0.1, -0.05) is 0 Å². The SMILES string of the molecule is C[C@]12CCC(=O)N1[C@H](C(=O)N1CCC[C@H](c3ccn[nH]3)C1)CS2. The quantitative estimate of drug-likeness (QED) is 0.891. The summed E-state index contributed by atoms with van der Waals surface area (Å²) in [6.45, 7) is 3.61. The molecular formula is C16H22N4O2S. The van der Waals surface area contributed by atoms with Crippen molar-refractivity contribution in [2.24, 2.45) is 0 Å². The maximum Gasteiger partial charge on any atom is 0.246 e. The normalized spacial score (nSPS) is 34.0. The summed E-state index contributed by atoms with van der Waals surface area (Å²) in [6.07, 6.45) is 5.27. The van der Waals surface area contributed by atoms with E-state index >= 15 is 0 Å². The number of nitrogens with zero attached hydrogens (tertiary/aromatic N) is 3. The van der Waals surface area contributed by atoms with Crippen molar-refractivity contribution in [1.82, 2.24) is 20.0 Å². The lowest BCUT2D eigenvalue weighted by molar-refractivity contribution is -0.144. The van der Waals surface area contributed by atoms with Crippen LogP contribution in [0.25, 0.3) is 0 Å². The zero-order chi connectivity index (χ0) is 16.0. The Kier molecular flexibility index (Phi) is 3.63. The molecule has 23 heavy (non-hydrogen) atoms. The van der Waals surface area contributed by atoms with Crippen molar-refractivity contribution in [3.63, 3.8) is 0 Å². The van der Waals surface area contributed by atoms with Crippen LogP contribution in [0.2, 0.25) is 0 Å². The maximum absolute atomic E-state index is 13.0. The number of hydrogen-bond donors (Lipinski definition) is 1. The molecule has 1 aromatic rings. The topological polar surface area (TPSA) is 69.3 Å². The Morgan fingerprint density at radius 2 is 2.39 bits per heavy atom. The van der Waals surface area contributed by atoms with Gasteiger partial charge in [0, 0.05) is 43.1 Å². The standard InChI is InChI=1S/C16H22N4O2S/c1-16-6-4-14(21)20(16)13(10-23-16)15(22)19-8-2-3-11(9-19)12-5-7-17-18-12/h5,7,11,13H,2-4,6,8-10H2,1H3,(H,17,18)/t11-,13-,16-/m0/s1. The minimum absolute atomic E-state index is 0.126. The van der Waals surface area contributed by atoms with Gasteiger partial charge < -0.3 is 9.80 Å². The van der Waals surface area contributed by atoms with E-state index in [0.29, 0.717) is 12.3 Å². The van der Waals surface area contributed by atoms with Crippen molar-refractivity contribution >= 4 is 23.6 Å². The van der Waals surface area contributed by atoms with E-state index in [4.69, 9.17) is 0 Å². The number of thioether (sulfide) groups is 1. The van der Waals surface area contributed by atoms with E-state index in [1.165, 1.54) is 0 Å². The molecule has 4 rings (SSSR count). The number of aromatic amines is 1. The summed E-state index contributed by atoms with van der Waals surface area (Å²) in [5.41, 5.74) is 1.10. The third-order valence-corrected chi connectivity index (χ3v) is 6.93. The van der Waals surface area contributed by atoms with Crippen LogP contribution in [0.1, 0.15) is 44.2 Å². The average Bonchev–Trinajstić information content (AvgIpc) is 3.25. The number of fused-ring (bicyclic) bond motifs is 1. The summed E-state index contributed by atoms with van der Waals surface area (Å²) in [6, 6.07) is 1.71. The molecule has 2 amide bonds. The molecule has 0 aromatic carbocycles. The molecule has 0 aliphatic carbocycles. The molecule has 0 unspecified atom stereocenters. The first-order valence-corrected chi connectivity index (χ1v) is 9.31. The third-order valence-electron chi connectivity index (χ3n) is 5.43. The van der Waals surface area contributed by atoms with Gasteiger partial charge in [0.15, 0.2) is 0 Å². The third kappa shape index (κ3) is 2.45. The average molecular weight is 334 g/mol. The molecule has 0 spiro atoms. The molecule has 124 valence electrons. The van der Waals surface area contributed by atoms with Crippen molar-refractivity contribution in [3.8, 4) is 0 Å². The second-order valence-electron chi connectivity index (χ2n) is 6.90. The number of nitrogens with one attached hydrogen (secondary N) is 1. The number of hydrogen-bond acceptors (Lipinski definition) is 4. The highest BCUT2D eigenvalue weighted by atomic mass is 32.2. The van der Waals surface area contributed by atoms with Crippen LogP contribution in [0, 0.1) is 0 Å². The van der Waals surface area contributed by atoms with Gasteiger partial charge in [0.25, 0.3) is 0 Å².